The third-order valence-electron chi connectivity index (χ3n) is 1.85. The molecule has 1 rings (SSSR count). The highest BCUT2D eigenvalue weighted by Gasteiger charge is 2.10. The number of methoxy groups -OCH3 is 1. The largest absolute Gasteiger partial charge is 0.496 e. The van der Waals surface area contributed by atoms with Crippen LogP contribution in [0.15, 0.2) is 22.7 Å². The zero-order valence-electron chi connectivity index (χ0n) is 7.87. The summed E-state index contributed by atoms with van der Waals surface area (Å²) in [5, 5.41) is 0. The Bertz CT molecular complexity index is 296. The Labute approximate surface area is 98.3 Å². The molecule has 1 aromatic rings. The van der Waals surface area contributed by atoms with Crippen molar-refractivity contribution in [3.8, 4) is 5.75 Å². The molecule has 0 bridgehead atoms. The fourth-order valence-corrected chi connectivity index (χ4v) is 1.50. The van der Waals surface area contributed by atoms with Crippen molar-refractivity contribution in [2.75, 3.05) is 13.7 Å². The van der Waals surface area contributed by atoms with Gasteiger partial charge in [0.2, 0.25) is 0 Å². The maximum Gasteiger partial charge on any atom is 0.123 e. The van der Waals surface area contributed by atoms with Crippen LogP contribution >= 0.6 is 28.3 Å². The number of hydrogen-bond acceptors (Lipinski definition) is 3. The zero-order chi connectivity index (χ0) is 9.84. The molecule has 80 valence electrons. The van der Waals surface area contributed by atoms with Crippen LogP contribution in [0.4, 0.5) is 0 Å². The molecule has 3 nitrogen and oxygen atoms in total. The third kappa shape index (κ3) is 3.13. The minimum absolute atomic E-state index is 0. The molecule has 14 heavy (non-hydrogen) atoms. The molecule has 0 aliphatic heterocycles. The van der Waals surface area contributed by atoms with Crippen LogP contribution in [-0.2, 0) is 0 Å². The van der Waals surface area contributed by atoms with Gasteiger partial charge in [-0.15, -0.1) is 12.4 Å². The minimum Gasteiger partial charge on any atom is -0.496 e. The highest BCUT2D eigenvalue weighted by molar-refractivity contribution is 9.10. The van der Waals surface area contributed by atoms with E-state index in [0.29, 0.717) is 6.54 Å². The Kier molecular flexibility index (Phi) is 6.11. The second-order valence-electron chi connectivity index (χ2n) is 2.73. The molecule has 0 aliphatic rings. The zero-order valence-corrected chi connectivity index (χ0v) is 10.3. The molecule has 1 atom stereocenters. The molecule has 0 aliphatic carbocycles. The van der Waals surface area contributed by atoms with Gasteiger partial charge in [-0.25, -0.2) is 0 Å². The molecule has 0 spiro atoms. The van der Waals surface area contributed by atoms with Gasteiger partial charge in [0.1, 0.15) is 5.75 Å². The van der Waals surface area contributed by atoms with Crippen LogP contribution in [0.5, 0.6) is 5.75 Å². The van der Waals surface area contributed by atoms with Crippen LogP contribution in [0.2, 0.25) is 0 Å². The molecule has 0 amide bonds. The summed E-state index contributed by atoms with van der Waals surface area (Å²) in [5.41, 5.74) is 12.2. The lowest BCUT2D eigenvalue weighted by atomic mass is 10.1. The first-order valence-electron chi connectivity index (χ1n) is 3.98. The summed E-state index contributed by atoms with van der Waals surface area (Å²) in [6, 6.07) is 5.53. The van der Waals surface area contributed by atoms with Crippen LogP contribution in [0.3, 0.4) is 0 Å². The number of halogens is 2. The second-order valence-corrected chi connectivity index (χ2v) is 3.64. The lowest BCUT2D eigenvalue weighted by Gasteiger charge is -2.13. The lowest BCUT2D eigenvalue weighted by molar-refractivity contribution is 0.406. The van der Waals surface area contributed by atoms with E-state index in [1.807, 2.05) is 18.2 Å². The average Bonchev–Trinajstić information content (AvgIpc) is 2.16. The lowest BCUT2D eigenvalue weighted by Crippen LogP contribution is -2.21. The van der Waals surface area contributed by atoms with Gasteiger partial charge in [-0.1, -0.05) is 15.9 Å². The Morgan fingerprint density at radius 2 is 2.14 bits per heavy atom. The molecule has 0 saturated heterocycles. The molecule has 0 unspecified atom stereocenters. The van der Waals surface area contributed by atoms with Gasteiger partial charge in [-0.2, -0.15) is 0 Å². The molecule has 0 aromatic heterocycles. The predicted octanol–water partition coefficient (Wildman–Crippen LogP) is 1.84. The van der Waals surface area contributed by atoms with Crippen molar-refractivity contribution in [2.45, 2.75) is 6.04 Å². The van der Waals surface area contributed by atoms with E-state index >= 15 is 0 Å². The molecular formula is C9H14BrClN2O. The molecule has 0 heterocycles. The van der Waals surface area contributed by atoms with Crippen molar-refractivity contribution in [1.29, 1.82) is 0 Å². The Balaban J connectivity index is 0.00000169. The molecule has 0 fully saturated rings. The van der Waals surface area contributed by atoms with E-state index in [2.05, 4.69) is 15.9 Å². The van der Waals surface area contributed by atoms with Gasteiger partial charge in [0.25, 0.3) is 0 Å². The summed E-state index contributed by atoms with van der Waals surface area (Å²) in [7, 11) is 1.62. The van der Waals surface area contributed by atoms with E-state index in [1.54, 1.807) is 7.11 Å². The number of ether oxygens (including phenoxy) is 1. The van der Waals surface area contributed by atoms with Crippen molar-refractivity contribution in [3.63, 3.8) is 0 Å². The third-order valence-corrected chi connectivity index (χ3v) is 2.34. The van der Waals surface area contributed by atoms with E-state index in [1.165, 1.54) is 0 Å². The maximum atomic E-state index is 5.81. The van der Waals surface area contributed by atoms with Crippen molar-refractivity contribution in [2.24, 2.45) is 11.5 Å². The second kappa shape index (κ2) is 6.24. The first kappa shape index (κ1) is 13.7. The molecule has 1 aromatic carbocycles. The number of hydrogen-bond donors (Lipinski definition) is 2. The monoisotopic (exact) mass is 280 g/mol. The molecule has 4 N–H and O–H groups in total. The van der Waals surface area contributed by atoms with Crippen molar-refractivity contribution in [3.05, 3.63) is 28.2 Å². The van der Waals surface area contributed by atoms with E-state index in [-0.39, 0.29) is 18.4 Å². The first-order chi connectivity index (χ1) is 6.19. The molecule has 5 heteroatoms. The highest BCUT2D eigenvalue weighted by Crippen LogP contribution is 2.26. The van der Waals surface area contributed by atoms with Crippen molar-refractivity contribution >= 4 is 28.3 Å². The predicted molar refractivity (Wildman–Crippen MR) is 63.9 cm³/mol. The van der Waals surface area contributed by atoms with Crippen molar-refractivity contribution in [1.82, 2.24) is 0 Å². The summed E-state index contributed by atoms with van der Waals surface area (Å²) in [6.07, 6.45) is 0. The van der Waals surface area contributed by atoms with Gasteiger partial charge in [0.05, 0.1) is 7.11 Å². The van der Waals surface area contributed by atoms with Gasteiger partial charge in [0, 0.05) is 22.6 Å². The fourth-order valence-electron chi connectivity index (χ4n) is 1.12. The summed E-state index contributed by atoms with van der Waals surface area (Å²) in [5.74, 6) is 0.779. The SMILES string of the molecule is COc1ccc(Br)cc1[C@H](N)CN.Cl. The summed E-state index contributed by atoms with van der Waals surface area (Å²) >= 11 is 3.37. The number of nitrogens with two attached hydrogens (primary N) is 2. The van der Waals surface area contributed by atoms with E-state index < -0.39 is 0 Å². The summed E-state index contributed by atoms with van der Waals surface area (Å²) < 4.78 is 6.15. The van der Waals surface area contributed by atoms with Crippen LogP contribution < -0.4 is 16.2 Å². The summed E-state index contributed by atoms with van der Waals surface area (Å²) in [6.45, 7) is 0.410. The summed E-state index contributed by atoms with van der Waals surface area (Å²) in [4.78, 5) is 0. The van der Waals surface area contributed by atoms with Gasteiger partial charge in [-0.3, -0.25) is 0 Å². The molecule has 0 radical (unpaired) electrons. The quantitative estimate of drug-likeness (QED) is 0.889. The number of rotatable bonds is 3. The average molecular weight is 282 g/mol. The van der Waals surface area contributed by atoms with E-state index in [9.17, 15) is 0 Å². The Morgan fingerprint density at radius 3 is 2.64 bits per heavy atom. The fraction of sp³-hybridized carbons (Fsp3) is 0.333. The van der Waals surface area contributed by atoms with Gasteiger partial charge < -0.3 is 16.2 Å². The van der Waals surface area contributed by atoms with Gasteiger partial charge >= 0.3 is 0 Å². The van der Waals surface area contributed by atoms with Crippen LogP contribution in [0.25, 0.3) is 0 Å². The normalized spacial score (nSPS) is 11.7. The Hall–Kier alpha value is -0.290. The van der Waals surface area contributed by atoms with Crippen LogP contribution in [0, 0.1) is 0 Å². The standard InChI is InChI=1S/C9H13BrN2O.ClH/c1-13-9-3-2-6(10)4-7(9)8(12)5-11;/h2-4,8H,5,11-12H2,1H3;1H/t8-;/m1./s1. The van der Waals surface area contributed by atoms with E-state index in [4.69, 9.17) is 16.2 Å². The van der Waals surface area contributed by atoms with E-state index in [0.717, 1.165) is 15.8 Å². The number of benzene rings is 1. The van der Waals surface area contributed by atoms with Crippen LogP contribution in [0.1, 0.15) is 11.6 Å². The topological polar surface area (TPSA) is 61.3 Å². The van der Waals surface area contributed by atoms with Crippen molar-refractivity contribution < 1.29 is 4.74 Å². The first-order valence-corrected chi connectivity index (χ1v) is 4.77. The van der Waals surface area contributed by atoms with Crippen LogP contribution in [-0.4, -0.2) is 13.7 Å². The smallest absolute Gasteiger partial charge is 0.123 e. The Morgan fingerprint density at radius 1 is 1.50 bits per heavy atom. The highest BCUT2D eigenvalue weighted by atomic mass is 79.9. The van der Waals surface area contributed by atoms with Gasteiger partial charge in [-0.05, 0) is 18.2 Å². The molecular weight excluding hydrogens is 267 g/mol. The molecule has 0 saturated carbocycles. The minimum atomic E-state index is -0.174. The maximum absolute atomic E-state index is 5.81. The van der Waals surface area contributed by atoms with Gasteiger partial charge in [0.15, 0.2) is 0 Å².